The highest BCUT2D eigenvalue weighted by molar-refractivity contribution is 7.85. The second-order valence-corrected chi connectivity index (χ2v) is 24.3. The Morgan fingerprint density at radius 2 is 1.63 bits per heavy atom. The Kier molecular flexibility index (Phi) is 46.6. The van der Waals surface area contributed by atoms with Crippen molar-refractivity contribution in [3.05, 3.63) is 120 Å². The van der Waals surface area contributed by atoms with Gasteiger partial charge in [-0.15, -0.1) is 6.58 Å². The van der Waals surface area contributed by atoms with Gasteiger partial charge in [0, 0.05) is 51.8 Å². The van der Waals surface area contributed by atoms with Gasteiger partial charge in [-0.05, 0) is 187 Å². The standard InChI is InChI=1S/C25H40F5N3O3S.C16H24N2.C10H16.C5H12O3S.C4H9N.C2H5NO2/c1-6-20(10-12-24(26,27)25(28,29)30)9-8-19(3)18-21(7-2)11-15-33(5)37(36)23(22(34)31-35)13-16-32(4)17-14-23;1-14(2)13-15-5-3-6-16(8-7-15)18-11-4-9-17-10-12-18;1-4-6-7-9-10(3)8-5-2;1-2-3-8-4-5-9(6)7;5-3-4-1-2-4;1-2(4)3-5/h6,8-9,21,35H,1,7,10-18H2,2-5H3,(H,31,34);3,6-8,13,17H,4-5,9-12H2,1-2H3;4-6,9H,2,7-8H2,1,3H3;2-5H2,1H3,(H,6,7);4H,1-3,5H2;5H,1H3,(H,3,4)/b19-8+,20-9+;;6-4-,10-9-;;;. The van der Waals surface area contributed by atoms with E-state index in [1.807, 2.05) is 45.7 Å². The molecule has 0 spiro atoms. The normalized spacial score (nSPS) is 17.8. The lowest BCUT2D eigenvalue weighted by molar-refractivity contribution is -0.284. The maximum Gasteiger partial charge on any atom is 0.453 e. The molecule has 2 aliphatic carbocycles. The van der Waals surface area contributed by atoms with Gasteiger partial charge in [0.25, 0.3) is 5.91 Å². The maximum absolute atomic E-state index is 13.3. The smallest absolute Gasteiger partial charge is 0.380 e. The second-order valence-electron chi connectivity index (χ2n) is 21.4. The van der Waals surface area contributed by atoms with E-state index in [1.165, 1.54) is 66.2 Å². The van der Waals surface area contributed by atoms with Crippen LogP contribution >= 0.6 is 0 Å². The fraction of sp³-hybridized carbons (Fsp3) is 0.645. The summed E-state index contributed by atoms with van der Waals surface area (Å²) in [7, 11) is 1.95. The molecule has 4 rings (SSSR count). The number of allylic oxidation sites excluding steroid dienone is 17. The molecule has 1 saturated carbocycles. The fourth-order valence-corrected chi connectivity index (χ4v) is 9.96. The second kappa shape index (κ2) is 47.9. The SMILES string of the molecule is C=C/C(=C\C=C(/C)CC(CC)CCN(C)S(=O)C1(C(=O)NO)CCN(C)CC1)CCC(F)(F)C(F)(F)F.C=CC/C(C)=C\C/C=C\C.CC(=O)NO.CC(C)=CC1=CC=C(N2CCCNCC2)C=CC1.CCCOCCS(=O)O.NCC1CC1. The first-order valence-corrected chi connectivity index (χ1v) is 31.6. The van der Waals surface area contributed by atoms with Gasteiger partial charge in [0.2, 0.25) is 5.91 Å². The molecule has 0 aromatic heterocycles. The number of rotatable bonds is 26. The Hall–Kier alpha value is -4.23. The molecule has 2 amide bonds. The molecular formula is C62H106F5N7O8S2. The van der Waals surface area contributed by atoms with Crippen LogP contribution in [0.2, 0.25) is 0 Å². The Balaban J connectivity index is 0. The van der Waals surface area contributed by atoms with Crippen LogP contribution in [0.3, 0.4) is 0 Å². The number of hydrogen-bond acceptors (Lipinski definition) is 11. The first-order chi connectivity index (χ1) is 39.7. The van der Waals surface area contributed by atoms with Gasteiger partial charge in [-0.25, -0.2) is 23.7 Å². The Labute approximate surface area is 506 Å². The first-order valence-electron chi connectivity index (χ1n) is 29.2. The third-order valence-electron chi connectivity index (χ3n) is 13.5. The highest BCUT2D eigenvalue weighted by Gasteiger charge is 2.56. The van der Waals surface area contributed by atoms with Crippen molar-refractivity contribution in [2.24, 2.45) is 17.6 Å². The van der Waals surface area contributed by atoms with E-state index in [0.29, 0.717) is 58.5 Å². The van der Waals surface area contributed by atoms with Crippen molar-refractivity contribution in [2.45, 2.75) is 162 Å². The van der Waals surface area contributed by atoms with Crippen LogP contribution in [-0.2, 0) is 36.4 Å². The third-order valence-corrected chi connectivity index (χ3v) is 16.0. The molecule has 4 aliphatic rings. The summed E-state index contributed by atoms with van der Waals surface area (Å²) in [4.78, 5) is 26.4. The minimum atomic E-state index is -5.58. The third kappa shape index (κ3) is 39.5. The van der Waals surface area contributed by atoms with Gasteiger partial charge in [0.1, 0.15) is 15.7 Å². The number of nitrogens with one attached hydrogen (secondary N) is 3. The van der Waals surface area contributed by atoms with Crippen LogP contribution in [0, 0.1) is 11.8 Å². The van der Waals surface area contributed by atoms with Gasteiger partial charge < -0.3 is 30.1 Å². The van der Waals surface area contributed by atoms with Crippen molar-refractivity contribution < 1.29 is 59.7 Å². The minimum absolute atomic E-state index is 0.200. The predicted octanol–water partition coefficient (Wildman–Crippen LogP) is 12.4. The lowest BCUT2D eigenvalue weighted by Gasteiger charge is -2.39. The average Bonchev–Trinajstić information content (AvgIpc) is 3.88. The van der Waals surface area contributed by atoms with E-state index in [0.717, 1.165) is 76.3 Å². The van der Waals surface area contributed by atoms with E-state index in [9.17, 15) is 45.2 Å². The van der Waals surface area contributed by atoms with E-state index in [1.54, 1.807) is 22.9 Å². The van der Waals surface area contributed by atoms with Crippen LogP contribution in [0.4, 0.5) is 22.0 Å². The average molecular weight is 1240 g/mol. The molecule has 3 fully saturated rings. The molecule has 15 nitrogen and oxygen atoms in total. The van der Waals surface area contributed by atoms with Crippen LogP contribution in [-0.4, -0.2) is 152 Å². The zero-order chi connectivity index (χ0) is 64.2. The highest BCUT2D eigenvalue weighted by Crippen LogP contribution is 2.40. The molecule has 0 bridgehead atoms. The molecule has 0 aromatic carbocycles. The van der Waals surface area contributed by atoms with Crippen LogP contribution in [0.15, 0.2) is 120 Å². The summed E-state index contributed by atoms with van der Waals surface area (Å²) in [5.74, 6) is -4.50. The van der Waals surface area contributed by atoms with E-state index in [2.05, 4.69) is 92.8 Å². The monoisotopic (exact) mass is 1240 g/mol. The lowest BCUT2D eigenvalue weighted by Crippen LogP contribution is -2.58. The van der Waals surface area contributed by atoms with Crippen LogP contribution in [0.1, 0.15) is 145 Å². The quantitative estimate of drug-likeness (QED) is 0.00821. The summed E-state index contributed by atoms with van der Waals surface area (Å²) >= 11 is -1.69. The topological polar surface area (TPSA) is 210 Å². The maximum atomic E-state index is 13.3. The number of piperidine rings is 1. The number of nitrogens with two attached hydrogens (primary N) is 1. The molecule has 2 aliphatic heterocycles. The number of likely N-dealkylation sites (tertiary alicyclic amines) is 1. The highest BCUT2D eigenvalue weighted by atomic mass is 32.2. The van der Waals surface area contributed by atoms with Crippen LogP contribution in [0.5, 0.6) is 0 Å². The van der Waals surface area contributed by atoms with Crippen LogP contribution < -0.4 is 22.0 Å². The van der Waals surface area contributed by atoms with Gasteiger partial charge in [-0.2, -0.15) is 22.0 Å². The summed E-state index contributed by atoms with van der Waals surface area (Å²) in [6, 6.07) is 0. The Morgan fingerprint density at radius 1 is 0.976 bits per heavy atom. The Morgan fingerprint density at radius 3 is 2.13 bits per heavy atom. The number of alkyl halides is 5. The van der Waals surface area contributed by atoms with Crippen molar-refractivity contribution in [1.82, 2.24) is 30.4 Å². The van der Waals surface area contributed by atoms with E-state index in [4.69, 9.17) is 20.2 Å². The van der Waals surface area contributed by atoms with Gasteiger partial charge in [0.05, 0.1) is 12.4 Å². The summed E-state index contributed by atoms with van der Waals surface area (Å²) < 4.78 is 101. The molecule has 2 saturated heterocycles. The largest absolute Gasteiger partial charge is 0.453 e. The summed E-state index contributed by atoms with van der Waals surface area (Å²) in [5, 5.41) is 20.2. The summed E-state index contributed by atoms with van der Waals surface area (Å²) in [6.45, 7) is 30.9. The van der Waals surface area contributed by atoms with E-state index in [-0.39, 0.29) is 17.2 Å². The van der Waals surface area contributed by atoms with Gasteiger partial charge in [-0.1, -0.05) is 104 Å². The molecule has 8 N–H and O–H groups in total. The van der Waals surface area contributed by atoms with Gasteiger partial charge in [-0.3, -0.25) is 20.0 Å². The first kappa shape index (κ1) is 81.8. The van der Waals surface area contributed by atoms with Gasteiger partial charge >= 0.3 is 12.1 Å². The van der Waals surface area contributed by atoms with Crippen molar-refractivity contribution in [3.63, 3.8) is 0 Å². The van der Waals surface area contributed by atoms with E-state index < -0.39 is 63.6 Å². The molecule has 3 atom stereocenters. The number of nitrogens with zero attached hydrogens (tertiary/aromatic N) is 3. The fourth-order valence-electron chi connectivity index (χ4n) is 8.10. The number of carbonyl (C=O) groups is 2. The van der Waals surface area contributed by atoms with Gasteiger partial charge in [0.15, 0.2) is 11.1 Å². The molecule has 22 heteroatoms. The van der Waals surface area contributed by atoms with Crippen molar-refractivity contribution in [3.8, 4) is 0 Å². The van der Waals surface area contributed by atoms with Crippen molar-refractivity contribution in [1.29, 1.82) is 0 Å². The van der Waals surface area contributed by atoms with Crippen LogP contribution in [0.25, 0.3) is 0 Å². The lowest BCUT2D eigenvalue weighted by atomic mass is 9.94. The van der Waals surface area contributed by atoms with E-state index >= 15 is 0 Å². The number of ether oxygens (including phenoxy) is 1. The van der Waals surface area contributed by atoms with Crippen molar-refractivity contribution >= 4 is 33.9 Å². The molecule has 0 radical (unpaired) electrons. The molecular weight excluding hydrogens is 1130 g/mol. The summed E-state index contributed by atoms with van der Waals surface area (Å²) in [6.07, 6.45) is 27.8. The van der Waals surface area contributed by atoms with Crippen molar-refractivity contribution in [2.75, 3.05) is 85.4 Å². The molecule has 2 heterocycles. The molecule has 3 unspecified atom stereocenters. The zero-order valence-corrected chi connectivity index (χ0v) is 53.8. The number of carbonyl (C=O) groups excluding carboxylic acids is 2. The number of hydroxylamine groups is 2. The molecule has 484 valence electrons. The summed E-state index contributed by atoms with van der Waals surface area (Å²) in [5.41, 5.74) is 15.0. The predicted molar refractivity (Wildman–Crippen MR) is 336 cm³/mol. The minimum Gasteiger partial charge on any atom is -0.380 e. The molecule has 0 aromatic rings. The number of hydrogen-bond donors (Lipinski definition) is 7. The number of halogens is 5. The molecule has 84 heavy (non-hydrogen) atoms. The zero-order valence-electron chi connectivity index (χ0n) is 52.2. The Bertz CT molecular complexity index is 2180. The number of amides is 2.